The molecule has 1 heterocycles. The molecule has 0 fully saturated rings. The van der Waals surface area contributed by atoms with E-state index in [0.717, 1.165) is 17.7 Å². The SMILES string of the molecule is CCC(NC(=O)CCCc1nc2ccccc2c(=O)[nH]1)c1ccc(OC)cc1. The number of para-hydroxylation sites is 1. The number of benzene rings is 2. The van der Waals surface area contributed by atoms with Crippen molar-refractivity contribution in [3.63, 3.8) is 0 Å². The Morgan fingerprint density at radius 3 is 2.64 bits per heavy atom. The normalized spacial score (nSPS) is 11.9. The van der Waals surface area contributed by atoms with Crippen molar-refractivity contribution in [2.75, 3.05) is 7.11 Å². The number of methoxy groups -OCH3 is 1. The highest BCUT2D eigenvalue weighted by molar-refractivity contribution is 5.77. The fourth-order valence-electron chi connectivity index (χ4n) is 3.19. The van der Waals surface area contributed by atoms with Crippen LogP contribution in [-0.2, 0) is 11.2 Å². The third kappa shape index (κ3) is 4.76. The molecule has 28 heavy (non-hydrogen) atoms. The number of ether oxygens (including phenoxy) is 1. The van der Waals surface area contributed by atoms with Gasteiger partial charge in [0, 0.05) is 12.8 Å². The van der Waals surface area contributed by atoms with Crippen LogP contribution in [0.15, 0.2) is 53.3 Å². The van der Waals surface area contributed by atoms with Crippen molar-refractivity contribution in [2.24, 2.45) is 0 Å². The Kier molecular flexibility index (Phi) is 6.42. The number of nitrogens with one attached hydrogen (secondary N) is 2. The van der Waals surface area contributed by atoms with Crippen LogP contribution in [0.1, 0.15) is 43.6 Å². The average molecular weight is 379 g/mol. The first-order valence-electron chi connectivity index (χ1n) is 9.52. The van der Waals surface area contributed by atoms with Crippen molar-refractivity contribution in [2.45, 2.75) is 38.6 Å². The van der Waals surface area contributed by atoms with E-state index < -0.39 is 0 Å². The van der Waals surface area contributed by atoms with Gasteiger partial charge in [0.2, 0.25) is 5.91 Å². The summed E-state index contributed by atoms with van der Waals surface area (Å²) in [5, 5.41) is 3.65. The van der Waals surface area contributed by atoms with Crippen molar-refractivity contribution < 1.29 is 9.53 Å². The molecule has 0 aliphatic carbocycles. The van der Waals surface area contributed by atoms with Crippen molar-refractivity contribution in [1.82, 2.24) is 15.3 Å². The molecule has 3 aromatic rings. The molecule has 0 aliphatic heterocycles. The highest BCUT2D eigenvalue weighted by Gasteiger charge is 2.13. The fourth-order valence-corrected chi connectivity index (χ4v) is 3.19. The molecule has 1 atom stereocenters. The zero-order chi connectivity index (χ0) is 19.9. The van der Waals surface area contributed by atoms with E-state index in [9.17, 15) is 9.59 Å². The van der Waals surface area contributed by atoms with E-state index in [0.29, 0.717) is 36.0 Å². The maximum absolute atomic E-state index is 12.4. The van der Waals surface area contributed by atoms with Crippen LogP contribution in [0.25, 0.3) is 10.9 Å². The number of aromatic nitrogens is 2. The molecular weight excluding hydrogens is 354 g/mol. The molecule has 1 aromatic heterocycles. The second-order valence-electron chi connectivity index (χ2n) is 6.68. The lowest BCUT2D eigenvalue weighted by molar-refractivity contribution is -0.122. The molecule has 6 heteroatoms. The number of carbonyl (C=O) groups is 1. The summed E-state index contributed by atoms with van der Waals surface area (Å²) in [6.07, 6.45) is 2.35. The molecule has 0 aliphatic rings. The smallest absolute Gasteiger partial charge is 0.258 e. The molecule has 3 rings (SSSR count). The average Bonchev–Trinajstić information content (AvgIpc) is 2.72. The number of rotatable bonds is 8. The lowest BCUT2D eigenvalue weighted by Crippen LogP contribution is -2.28. The van der Waals surface area contributed by atoms with Gasteiger partial charge in [0.1, 0.15) is 11.6 Å². The molecule has 0 saturated carbocycles. The summed E-state index contributed by atoms with van der Waals surface area (Å²) < 4.78 is 5.18. The van der Waals surface area contributed by atoms with Crippen molar-refractivity contribution >= 4 is 16.8 Å². The molecule has 1 unspecified atom stereocenters. The van der Waals surface area contributed by atoms with Gasteiger partial charge in [0.25, 0.3) is 5.56 Å². The Labute approximate surface area is 164 Å². The standard InChI is InChI=1S/C22H25N3O3/c1-3-18(15-11-13-16(28-2)14-12-15)24-21(26)10-6-9-20-23-19-8-5-4-7-17(19)22(27)25-20/h4-5,7-8,11-14,18H,3,6,9-10H2,1-2H3,(H,24,26)(H,23,25,27). The van der Waals surface area contributed by atoms with Gasteiger partial charge < -0.3 is 15.0 Å². The van der Waals surface area contributed by atoms with Crippen molar-refractivity contribution in [3.8, 4) is 5.75 Å². The molecule has 0 saturated heterocycles. The monoisotopic (exact) mass is 379 g/mol. The van der Waals surface area contributed by atoms with Gasteiger partial charge in [0.15, 0.2) is 0 Å². The van der Waals surface area contributed by atoms with E-state index in [-0.39, 0.29) is 17.5 Å². The third-order valence-electron chi connectivity index (χ3n) is 4.74. The molecule has 6 nitrogen and oxygen atoms in total. The van der Waals surface area contributed by atoms with Crippen LogP contribution in [0.5, 0.6) is 5.75 Å². The van der Waals surface area contributed by atoms with Crippen LogP contribution in [0.3, 0.4) is 0 Å². The number of hydrogen-bond donors (Lipinski definition) is 2. The molecule has 1 amide bonds. The second kappa shape index (κ2) is 9.17. The van der Waals surface area contributed by atoms with Gasteiger partial charge in [-0.15, -0.1) is 0 Å². The maximum Gasteiger partial charge on any atom is 0.258 e. The van der Waals surface area contributed by atoms with E-state index in [4.69, 9.17) is 4.74 Å². The summed E-state index contributed by atoms with van der Waals surface area (Å²) in [5.41, 5.74) is 1.59. The number of amides is 1. The number of aryl methyl sites for hydroxylation is 1. The fraction of sp³-hybridized carbons (Fsp3) is 0.318. The lowest BCUT2D eigenvalue weighted by Gasteiger charge is -2.18. The third-order valence-corrected chi connectivity index (χ3v) is 4.74. The van der Waals surface area contributed by atoms with Gasteiger partial charge in [-0.25, -0.2) is 4.98 Å². The van der Waals surface area contributed by atoms with E-state index in [1.165, 1.54) is 0 Å². The summed E-state index contributed by atoms with van der Waals surface area (Å²) in [7, 11) is 1.63. The Balaban J connectivity index is 1.55. The quantitative estimate of drug-likeness (QED) is 0.627. The van der Waals surface area contributed by atoms with Gasteiger partial charge in [-0.1, -0.05) is 31.2 Å². The summed E-state index contributed by atoms with van der Waals surface area (Å²) in [4.78, 5) is 31.7. The molecule has 0 spiro atoms. The van der Waals surface area contributed by atoms with E-state index in [1.54, 1.807) is 13.2 Å². The molecule has 0 radical (unpaired) electrons. The van der Waals surface area contributed by atoms with Gasteiger partial charge >= 0.3 is 0 Å². The van der Waals surface area contributed by atoms with Crippen LogP contribution >= 0.6 is 0 Å². The van der Waals surface area contributed by atoms with Crippen LogP contribution in [0.2, 0.25) is 0 Å². The van der Waals surface area contributed by atoms with Gasteiger partial charge in [-0.3, -0.25) is 9.59 Å². The minimum atomic E-state index is -0.143. The Morgan fingerprint density at radius 1 is 1.18 bits per heavy atom. The number of aromatic amines is 1. The maximum atomic E-state index is 12.4. The Morgan fingerprint density at radius 2 is 1.93 bits per heavy atom. The lowest BCUT2D eigenvalue weighted by atomic mass is 10.0. The number of carbonyl (C=O) groups excluding carboxylic acids is 1. The van der Waals surface area contributed by atoms with Gasteiger partial charge in [-0.2, -0.15) is 0 Å². The minimum absolute atomic E-state index is 0.00851. The largest absolute Gasteiger partial charge is 0.497 e. The summed E-state index contributed by atoms with van der Waals surface area (Å²) >= 11 is 0. The predicted octanol–water partition coefficient (Wildman–Crippen LogP) is 3.52. The number of H-pyrrole nitrogens is 1. The number of hydrogen-bond acceptors (Lipinski definition) is 4. The Bertz CT molecular complexity index is 996. The Hall–Kier alpha value is -3.15. The van der Waals surface area contributed by atoms with Crippen molar-refractivity contribution in [1.29, 1.82) is 0 Å². The molecule has 146 valence electrons. The first-order valence-corrected chi connectivity index (χ1v) is 9.52. The summed E-state index contributed by atoms with van der Waals surface area (Å²) in [5.74, 6) is 1.39. The summed E-state index contributed by atoms with van der Waals surface area (Å²) in [6, 6.07) is 14.9. The highest BCUT2D eigenvalue weighted by Crippen LogP contribution is 2.20. The molecular formula is C22H25N3O3. The van der Waals surface area contributed by atoms with Crippen LogP contribution in [-0.4, -0.2) is 23.0 Å². The van der Waals surface area contributed by atoms with E-state index in [2.05, 4.69) is 15.3 Å². The minimum Gasteiger partial charge on any atom is -0.497 e. The first kappa shape index (κ1) is 19.6. The molecule has 2 aromatic carbocycles. The first-order chi connectivity index (χ1) is 13.6. The van der Waals surface area contributed by atoms with Gasteiger partial charge in [-0.05, 0) is 42.7 Å². The zero-order valence-corrected chi connectivity index (χ0v) is 16.2. The van der Waals surface area contributed by atoms with E-state index in [1.807, 2.05) is 49.4 Å². The van der Waals surface area contributed by atoms with Crippen LogP contribution in [0, 0.1) is 0 Å². The molecule has 0 bridgehead atoms. The highest BCUT2D eigenvalue weighted by atomic mass is 16.5. The van der Waals surface area contributed by atoms with Gasteiger partial charge in [0.05, 0.1) is 24.1 Å². The number of fused-ring (bicyclic) bond motifs is 1. The topological polar surface area (TPSA) is 84.1 Å². The number of nitrogens with zero attached hydrogens (tertiary/aromatic N) is 1. The second-order valence-corrected chi connectivity index (χ2v) is 6.68. The summed E-state index contributed by atoms with van der Waals surface area (Å²) in [6.45, 7) is 2.04. The zero-order valence-electron chi connectivity index (χ0n) is 16.2. The van der Waals surface area contributed by atoms with Crippen LogP contribution in [0.4, 0.5) is 0 Å². The van der Waals surface area contributed by atoms with Crippen molar-refractivity contribution in [3.05, 3.63) is 70.3 Å². The predicted molar refractivity (Wildman–Crippen MR) is 109 cm³/mol. The molecule has 2 N–H and O–H groups in total. The van der Waals surface area contributed by atoms with Crippen LogP contribution < -0.4 is 15.6 Å². The van der Waals surface area contributed by atoms with E-state index >= 15 is 0 Å².